The number of hydrogen-bond acceptors (Lipinski definition) is 3. The number of aromatic nitrogens is 4. The number of phenols is 1. The highest BCUT2D eigenvalue weighted by Crippen LogP contribution is 2.20. The predicted molar refractivity (Wildman–Crippen MR) is 62.4 cm³/mol. The predicted octanol–water partition coefficient (Wildman–Crippen LogP) is 1.76. The summed E-state index contributed by atoms with van der Waals surface area (Å²) in [5.74, 6) is 0.184. The van der Waals surface area contributed by atoms with Crippen LogP contribution >= 0.6 is 0 Å². The summed E-state index contributed by atoms with van der Waals surface area (Å²) in [6.45, 7) is 0. The molecule has 1 N–H and O–H groups in total. The first-order chi connectivity index (χ1) is 8.33. The van der Waals surface area contributed by atoms with Crippen molar-refractivity contribution in [2.75, 3.05) is 0 Å². The molecule has 0 aliphatic carbocycles. The average molecular weight is 226 g/mol. The van der Waals surface area contributed by atoms with Gasteiger partial charge in [-0.3, -0.25) is 0 Å². The van der Waals surface area contributed by atoms with Gasteiger partial charge in [-0.2, -0.15) is 10.2 Å². The van der Waals surface area contributed by atoms with Gasteiger partial charge in [0, 0.05) is 36.9 Å². The molecule has 0 fully saturated rings. The number of rotatable bonds is 2. The van der Waals surface area contributed by atoms with Gasteiger partial charge < -0.3 is 5.11 Å². The Kier molecular flexibility index (Phi) is 2.15. The van der Waals surface area contributed by atoms with E-state index >= 15 is 0 Å². The van der Waals surface area contributed by atoms with E-state index in [9.17, 15) is 5.11 Å². The molecule has 0 atom stereocenters. The quantitative estimate of drug-likeness (QED) is 0.724. The van der Waals surface area contributed by atoms with Gasteiger partial charge in [-0.25, -0.2) is 9.36 Å². The van der Waals surface area contributed by atoms with Gasteiger partial charge in [0.2, 0.25) is 0 Å². The zero-order chi connectivity index (χ0) is 11.7. The summed E-state index contributed by atoms with van der Waals surface area (Å²) in [7, 11) is 0. The first-order valence-corrected chi connectivity index (χ1v) is 5.17. The molecule has 5 nitrogen and oxygen atoms in total. The summed E-state index contributed by atoms with van der Waals surface area (Å²) < 4.78 is 3.37. The van der Waals surface area contributed by atoms with Gasteiger partial charge >= 0.3 is 0 Å². The van der Waals surface area contributed by atoms with Crippen molar-refractivity contribution in [2.45, 2.75) is 0 Å². The first kappa shape index (κ1) is 9.65. The molecule has 2 heterocycles. The number of hydrogen-bond donors (Lipinski definition) is 1. The fraction of sp³-hybridized carbons (Fsp3) is 0. The van der Waals surface area contributed by atoms with E-state index in [-0.39, 0.29) is 5.75 Å². The number of nitrogens with zero attached hydrogens (tertiary/aromatic N) is 4. The monoisotopic (exact) mass is 226 g/mol. The number of aromatic hydroxyl groups is 1. The summed E-state index contributed by atoms with van der Waals surface area (Å²) in [6.07, 6.45) is 7.03. The largest absolute Gasteiger partial charge is 0.508 e. The molecule has 0 aliphatic heterocycles. The van der Waals surface area contributed by atoms with Crippen LogP contribution in [-0.2, 0) is 0 Å². The Labute approximate surface area is 97.6 Å². The third-order valence-corrected chi connectivity index (χ3v) is 2.43. The fourth-order valence-electron chi connectivity index (χ4n) is 1.69. The molecule has 84 valence electrons. The Morgan fingerprint density at radius 2 is 1.35 bits per heavy atom. The number of benzene rings is 1. The van der Waals surface area contributed by atoms with Crippen LogP contribution in [0.5, 0.6) is 5.75 Å². The summed E-state index contributed by atoms with van der Waals surface area (Å²) in [4.78, 5) is 0. The van der Waals surface area contributed by atoms with E-state index in [1.165, 1.54) is 0 Å². The minimum atomic E-state index is 0.184. The summed E-state index contributed by atoms with van der Waals surface area (Å²) >= 11 is 0. The maximum Gasteiger partial charge on any atom is 0.119 e. The van der Waals surface area contributed by atoms with Crippen LogP contribution in [0.3, 0.4) is 0 Å². The van der Waals surface area contributed by atoms with E-state index in [1.807, 2.05) is 30.6 Å². The second kappa shape index (κ2) is 3.79. The van der Waals surface area contributed by atoms with Crippen molar-refractivity contribution in [3.8, 4) is 17.1 Å². The van der Waals surface area contributed by atoms with E-state index in [4.69, 9.17) is 0 Å². The van der Waals surface area contributed by atoms with E-state index in [0.29, 0.717) is 0 Å². The molecule has 0 bridgehead atoms. The molecule has 0 radical (unpaired) electrons. The minimum absolute atomic E-state index is 0.184. The molecule has 3 aromatic rings. The molecule has 0 spiro atoms. The summed E-state index contributed by atoms with van der Waals surface area (Å²) in [5.41, 5.74) is 1.58. The molecular formula is C12H10N4O. The smallest absolute Gasteiger partial charge is 0.119 e. The normalized spacial score (nSPS) is 10.6. The van der Waals surface area contributed by atoms with Gasteiger partial charge in [0.05, 0.1) is 11.4 Å². The second-order valence-corrected chi connectivity index (χ2v) is 3.61. The van der Waals surface area contributed by atoms with Crippen LogP contribution in [-0.4, -0.2) is 24.7 Å². The maximum atomic E-state index is 9.71. The van der Waals surface area contributed by atoms with Crippen LogP contribution in [0, 0.1) is 0 Å². The highest BCUT2D eigenvalue weighted by atomic mass is 16.3. The van der Waals surface area contributed by atoms with Crippen molar-refractivity contribution in [1.29, 1.82) is 0 Å². The first-order valence-electron chi connectivity index (χ1n) is 5.17. The molecule has 3 rings (SSSR count). The lowest BCUT2D eigenvalue weighted by atomic mass is 10.2. The van der Waals surface area contributed by atoms with E-state index in [0.717, 1.165) is 11.4 Å². The molecule has 5 heteroatoms. The Hall–Kier alpha value is -2.56. The molecule has 0 amide bonds. The van der Waals surface area contributed by atoms with Crippen LogP contribution in [0.2, 0.25) is 0 Å². The SMILES string of the molecule is Oc1cc(-n2cccn2)cc(-n2cccn2)c1. The topological polar surface area (TPSA) is 55.9 Å². The van der Waals surface area contributed by atoms with Gasteiger partial charge in [-0.15, -0.1) is 0 Å². The van der Waals surface area contributed by atoms with Crippen LogP contribution in [0.25, 0.3) is 11.4 Å². The van der Waals surface area contributed by atoms with Crippen molar-refractivity contribution in [3.05, 3.63) is 55.1 Å². The molecule has 2 aromatic heterocycles. The lowest BCUT2D eigenvalue weighted by Gasteiger charge is -2.07. The molecule has 0 saturated carbocycles. The average Bonchev–Trinajstić information content (AvgIpc) is 3.02. The Balaban J connectivity index is 2.13. The molecular weight excluding hydrogens is 216 g/mol. The van der Waals surface area contributed by atoms with Crippen LogP contribution in [0.4, 0.5) is 0 Å². The van der Waals surface area contributed by atoms with Gasteiger partial charge in [-0.05, 0) is 18.2 Å². The van der Waals surface area contributed by atoms with Crippen molar-refractivity contribution >= 4 is 0 Å². The Morgan fingerprint density at radius 1 is 0.824 bits per heavy atom. The van der Waals surface area contributed by atoms with Gasteiger partial charge in [0.15, 0.2) is 0 Å². The number of phenolic OH excluding ortho intramolecular Hbond substituents is 1. The van der Waals surface area contributed by atoms with E-state index in [1.54, 1.807) is 33.9 Å². The van der Waals surface area contributed by atoms with Gasteiger partial charge in [-0.1, -0.05) is 0 Å². The van der Waals surface area contributed by atoms with Crippen LogP contribution in [0.1, 0.15) is 0 Å². The van der Waals surface area contributed by atoms with Crippen molar-refractivity contribution < 1.29 is 5.11 Å². The molecule has 0 unspecified atom stereocenters. The van der Waals surface area contributed by atoms with Crippen molar-refractivity contribution in [2.24, 2.45) is 0 Å². The van der Waals surface area contributed by atoms with E-state index in [2.05, 4.69) is 10.2 Å². The Morgan fingerprint density at radius 3 is 1.76 bits per heavy atom. The highest BCUT2D eigenvalue weighted by Gasteiger charge is 2.04. The zero-order valence-electron chi connectivity index (χ0n) is 8.93. The molecule has 1 aromatic carbocycles. The van der Waals surface area contributed by atoms with Gasteiger partial charge in [0.1, 0.15) is 5.75 Å². The van der Waals surface area contributed by atoms with E-state index < -0.39 is 0 Å². The third-order valence-electron chi connectivity index (χ3n) is 2.43. The zero-order valence-corrected chi connectivity index (χ0v) is 8.93. The molecule has 0 saturated heterocycles. The van der Waals surface area contributed by atoms with Crippen molar-refractivity contribution in [3.63, 3.8) is 0 Å². The highest BCUT2D eigenvalue weighted by molar-refractivity contribution is 5.48. The van der Waals surface area contributed by atoms with Crippen LogP contribution in [0.15, 0.2) is 55.1 Å². The Bertz CT molecular complexity index is 562. The third kappa shape index (κ3) is 1.78. The maximum absolute atomic E-state index is 9.71. The molecule has 17 heavy (non-hydrogen) atoms. The standard InChI is InChI=1S/C12H10N4O/c17-12-8-10(15-5-1-3-13-15)7-11(9-12)16-6-2-4-14-16/h1-9,17H. The van der Waals surface area contributed by atoms with Crippen LogP contribution < -0.4 is 0 Å². The second-order valence-electron chi connectivity index (χ2n) is 3.61. The summed E-state index contributed by atoms with van der Waals surface area (Å²) in [6, 6.07) is 8.87. The lowest BCUT2D eigenvalue weighted by Crippen LogP contribution is -1.99. The minimum Gasteiger partial charge on any atom is -0.508 e. The van der Waals surface area contributed by atoms with Crippen molar-refractivity contribution in [1.82, 2.24) is 19.6 Å². The summed E-state index contributed by atoms with van der Waals surface area (Å²) in [5, 5.41) is 18.0. The van der Waals surface area contributed by atoms with Gasteiger partial charge in [0.25, 0.3) is 0 Å². The lowest BCUT2D eigenvalue weighted by molar-refractivity contribution is 0.474. The fourth-order valence-corrected chi connectivity index (χ4v) is 1.69. The molecule has 0 aliphatic rings.